The fourth-order valence-electron chi connectivity index (χ4n) is 3.40. The fraction of sp³-hybridized carbons (Fsp3) is 0.316. The molecule has 0 atom stereocenters. The third-order valence-corrected chi connectivity index (χ3v) is 6.56. The smallest absolute Gasteiger partial charge is 0.241 e. The summed E-state index contributed by atoms with van der Waals surface area (Å²) in [7, 11) is -0.636. The van der Waals surface area contributed by atoms with Crippen molar-refractivity contribution >= 4 is 21.6 Å². The third-order valence-electron chi connectivity index (χ3n) is 5.03. The van der Waals surface area contributed by atoms with E-state index in [0.717, 1.165) is 5.56 Å². The Kier molecular flexibility index (Phi) is 4.12. The Hall–Kier alpha value is -2.58. The maximum Gasteiger partial charge on any atom is 0.241 e. The average molecular weight is 388 g/mol. The second kappa shape index (κ2) is 6.24. The van der Waals surface area contributed by atoms with Crippen molar-refractivity contribution in [3.63, 3.8) is 0 Å². The van der Waals surface area contributed by atoms with Crippen LogP contribution in [0.25, 0.3) is 0 Å². The minimum atomic E-state index is -3.74. The zero-order chi connectivity index (χ0) is 19.2. The molecule has 8 heteroatoms. The molecule has 1 heterocycles. The van der Waals surface area contributed by atoms with Crippen LogP contribution < -0.4 is 19.5 Å². The van der Waals surface area contributed by atoms with Gasteiger partial charge in [0.15, 0.2) is 11.5 Å². The molecule has 2 aromatic rings. The first kappa shape index (κ1) is 17.8. The van der Waals surface area contributed by atoms with E-state index in [2.05, 4.69) is 10.0 Å². The Balaban J connectivity index is 1.63. The Morgan fingerprint density at radius 2 is 1.78 bits per heavy atom. The molecule has 0 aromatic heterocycles. The van der Waals surface area contributed by atoms with Crippen LogP contribution in [0, 0.1) is 0 Å². The molecule has 0 saturated heterocycles. The number of ether oxygens (including phenoxy) is 2. The predicted molar refractivity (Wildman–Crippen MR) is 99.6 cm³/mol. The van der Waals surface area contributed by atoms with Gasteiger partial charge in [-0.2, -0.15) is 0 Å². The average Bonchev–Trinajstić information content (AvgIpc) is 3.32. The van der Waals surface area contributed by atoms with Crippen molar-refractivity contribution in [3.8, 4) is 11.5 Å². The van der Waals surface area contributed by atoms with Gasteiger partial charge in [-0.25, -0.2) is 13.1 Å². The van der Waals surface area contributed by atoms with E-state index in [-0.39, 0.29) is 17.2 Å². The summed E-state index contributed by atoms with van der Waals surface area (Å²) in [6.07, 6.45) is 1.60. The Bertz CT molecular complexity index is 1030. The minimum absolute atomic E-state index is 0.128. The van der Waals surface area contributed by atoms with Gasteiger partial charge < -0.3 is 14.8 Å². The second-order valence-corrected chi connectivity index (χ2v) is 8.48. The van der Waals surface area contributed by atoms with Crippen molar-refractivity contribution in [2.75, 3.05) is 19.5 Å². The number of methoxy groups -OCH3 is 2. The molecule has 4 rings (SSSR count). The molecular formula is C19H20N2O5S. The van der Waals surface area contributed by atoms with Crippen LogP contribution in [-0.2, 0) is 26.8 Å². The number of fused-ring (bicyclic) bond motifs is 1. The predicted octanol–water partition coefficient (Wildman–Crippen LogP) is 2.17. The molecule has 7 nitrogen and oxygen atoms in total. The van der Waals surface area contributed by atoms with Crippen molar-refractivity contribution in [2.24, 2.45) is 0 Å². The molecular weight excluding hydrogens is 368 g/mol. The van der Waals surface area contributed by atoms with Crippen LogP contribution in [0.1, 0.15) is 24.0 Å². The summed E-state index contributed by atoms with van der Waals surface area (Å²) < 4.78 is 39.3. The molecule has 2 aromatic carbocycles. The second-order valence-electron chi connectivity index (χ2n) is 6.80. The standard InChI is InChI=1S/C19H20N2O5S/c1-25-16-6-3-13(11-17(16)26-2)19(7-8-19)21-27(23,24)14-4-5-15-12(9-14)10-18(22)20-15/h3-6,9,11,21H,7-8,10H2,1-2H3,(H,20,22). The van der Waals surface area contributed by atoms with Crippen LogP contribution in [0.2, 0.25) is 0 Å². The van der Waals surface area contributed by atoms with Gasteiger partial charge in [-0.05, 0) is 54.3 Å². The van der Waals surface area contributed by atoms with Gasteiger partial charge in [-0.3, -0.25) is 4.79 Å². The number of carbonyl (C=O) groups excluding carboxylic acids is 1. The summed E-state index contributed by atoms with van der Waals surface area (Å²) in [6.45, 7) is 0. The van der Waals surface area contributed by atoms with Crippen molar-refractivity contribution in [1.29, 1.82) is 0 Å². The molecule has 0 bridgehead atoms. The summed E-state index contributed by atoms with van der Waals surface area (Å²) in [5, 5.41) is 2.71. The van der Waals surface area contributed by atoms with Crippen LogP contribution >= 0.6 is 0 Å². The van der Waals surface area contributed by atoms with Gasteiger partial charge in [0.05, 0.1) is 31.1 Å². The maximum atomic E-state index is 12.9. The summed E-state index contributed by atoms with van der Waals surface area (Å²) in [4.78, 5) is 11.7. The topological polar surface area (TPSA) is 93.7 Å². The first-order valence-corrected chi connectivity index (χ1v) is 10.0. The van der Waals surface area contributed by atoms with Crippen LogP contribution in [0.3, 0.4) is 0 Å². The minimum Gasteiger partial charge on any atom is -0.493 e. The van der Waals surface area contributed by atoms with E-state index in [1.807, 2.05) is 6.07 Å². The lowest BCUT2D eigenvalue weighted by Gasteiger charge is -2.20. The number of anilines is 1. The lowest BCUT2D eigenvalue weighted by molar-refractivity contribution is -0.115. The van der Waals surface area contributed by atoms with Crippen LogP contribution in [0.5, 0.6) is 11.5 Å². The molecule has 27 heavy (non-hydrogen) atoms. The molecule has 0 radical (unpaired) electrons. The van der Waals surface area contributed by atoms with E-state index >= 15 is 0 Å². The zero-order valence-corrected chi connectivity index (χ0v) is 15.9. The number of nitrogens with one attached hydrogen (secondary N) is 2. The Morgan fingerprint density at radius 3 is 2.44 bits per heavy atom. The highest BCUT2D eigenvalue weighted by atomic mass is 32.2. The van der Waals surface area contributed by atoms with Gasteiger partial charge in [0.25, 0.3) is 0 Å². The van der Waals surface area contributed by atoms with E-state index in [4.69, 9.17) is 9.47 Å². The number of rotatable bonds is 6. The molecule has 1 amide bonds. The van der Waals surface area contributed by atoms with Crippen molar-refractivity contribution in [1.82, 2.24) is 4.72 Å². The molecule has 0 spiro atoms. The summed E-state index contributed by atoms with van der Waals surface area (Å²) >= 11 is 0. The largest absolute Gasteiger partial charge is 0.493 e. The lowest BCUT2D eigenvalue weighted by atomic mass is 10.1. The van der Waals surface area contributed by atoms with E-state index < -0.39 is 15.6 Å². The van der Waals surface area contributed by atoms with E-state index in [9.17, 15) is 13.2 Å². The van der Waals surface area contributed by atoms with E-state index in [1.165, 1.54) is 6.07 Å². The number of hydrogen-bond acceptors (Lipinski definition) is 5. The van der Waals surface area contributed by atoms with Crippen LogP contribution in [0.15, 0.2) is 41.3 Å². The van der Waals surface area contributed by atoms with Gasteiger partial charge in [0.1, 0.15) is 0 Å². The summed E-state index contributed by atoms with van der Waals surface area (Å²) in [5.74, 6) is 1.02. The maximum absolute atomic E-state index is 12.9. The molecule has 1 aliphatic heterocycles. The Morgan fingerprint density at radius 1 is 1.04 bits per heavy atom. The first-order valence-electron chi connectivity index (χ1n) is 8.56. The van der Waals surface area contributed by atoms with Crippen molar-refractivity contribution in [2.45, 2.75) is 29.7 Å². The highest BCUT2D eigenvalue weighted by Crippen LogP contribution is 2.48. The van der Waals surface area contributed by atoms with Crippen LogP contribution in [-0.4, -0.2) is 28.5 Å². The number of amides is 1. The summed E-state index contributed by atoms with van der Waals surface area (Å²) in [5.41, 5.74) is 1.55. The monoisotopic (exact) mass is 388 g/mol. The number of hydrogen-bond donors (Lipinski definition) is 2. The van der Waals surface area contributed by atoms with E-state index in [1.54, 1.807) is 38.5 Å². The van der Waals surface area contributed by atoms with Gasteiger partial charge >= 0.3 is 0 Å². The molecule has 2 aliphatic rings. The zero-order valence-electron chi connectivity index (χ0n) is 15.0. The van der Waals surface area contributed by atoms with Gasteiger partial charge in [-0.15, -0.1) is 0 Å². The molecule has 0 unspecified atom stereocenters. The highest BCUT2D eigenvalue weighted by Gasteiger charge is 2.48. The van der Waals surface area contributed by atoms with Crippen LogP contribution in [0.4, 0.5) is 5.69 Å². The van der Waals surface area contributed by atoms with Crippen molar-refractivity contribution in [3.05, 3.63) is 47.5 Å². The number of benzene rings is 2. The number of carbonyl (C=O) groups is 1. The quantitative estimate of drug-likeness (QED) is 0.791. The number of sulfonamides is 1. The SMILES string of the molecule is COc1ccc(C2(NS(=O)(=O)c3ccc4c(c3)CC(=O)N4)CC2)cc1OC. The van der Waals surface area contributed by atoms with Gasteiger partial charge in [0, 0.05) is 5.69 Å². The van der Waals surface area contributed by atoms with Crippen molar-refractivity contribution < 1.29 is 22.7 Å². The molecule has 1 saturated carbocycles. The Labute approximate surface area is 157 Å². The van der Waals surface area contributed by atoms with E-state index in [0.29, 0.717) is 35.6 Å². The van der Waals surface area contributed by atoms with Gasteiger partial charge in [0.2, 0.25) is 15.9 Å². The van der Waals surface area contributed by atoms with Gasteiger partial charge in [-0.1, -0.05) is 6.07 Å². The third kappa shape index (κ3) is 3.15. The normalized spacial score (nSPS) is 17.2. The lowest BCUT2D eigenvalue weighted by Crippen LogP contribution is -2.34. The molecule has 142 valence electrons. The molecule has 1 aliphatic carbocycles. The summed E-state index contributed by atoms with van der Waals surface area (Å²) in [6, 6.07) is 10.1. The molecule has 2 N–H and O–H groups in total. The highest BCUT2D eigenvalue weighted by molar-refractivity contribution is 7.89. The fourth-order valence-corrected chi connectivity index (χ4v) is 4.90. The first-order chi connectivity index (χ1) is 12.9. The molecule has 1 fully saturated rings.